The van der Waals surface area contributed by atoms with Crippen molar-refractivity contribution in [3.8, 4) is 11.8 Å². The van der Waals surface area contributed by atoms with E-state index in [2.05, 4.69) is 17.9 Å². The van der Waals surface area contributed by atoms with Crippen molar-refractivity contribution in [1.82, 2.24) is 0 Å². The Labute approximate surface area is 89.9 Å². The number of hydrogen-bond acceptors (Lipinski definition) is 1. The maximum absolute atomic E-state index is 10.2. The minimum atomic E-state index is -0.872. The first-order valence-corrected chi connectivity index (χ1v) is 4.83. The van der Waals surface area contributed by atoms with Crippen LogP contribution < -0.4 is 0 Å². The van der Waals surface area contributed by atoms with E-state index in [9.17, 15) is 4.79 Å². The van der Waals surface area contributed by atoms with Crippen LogP contribution in [0.5, 0.6) is 0 Å². The summed E-state index contributed by atoms with van der Waals surface area (Å²) in [6.45, 7) is 4.09. The van der Waals surface area contributed by atoms with Crippen LogP contribution in [0.25, 0.3) is 0 Å². The zero-order valence-electron chi connectivity index (χ0n) is 9.00. The lowest BCUT2D eigenvalue weighted by molar-refractivity contribution is -0.135. The largest absolute Gasteiger partial charge is 0.481 e. The molecule has 1 aromatic carbocycles. The molecular weight excluding hydrogens is 188 g/mol. The molecule has 1 rings (SSSR count). The molecule has 1 aromatic rings. The molecule has 2 heteroatoms. The minimum Gasteiger partial charge on any atom is -0.481 e. The van der Waals surface area contributed by atoms with Gasteiger partial charge in [0.05, 0.1) is 0 Å². The van der Waals surface area contributed by atoms with Crippen molar-refractivity contribution in [1.29, 1.82) is 0 Å². The smallest absolute Gasteiger partial charge is 0.315 e. The van der Waals surface area contributed by atoms with Crippen molar-refractivity contribution in [3.05, 3.63) is 34.9 Å². The molecule has 0 spiro atoms. The molecule has 0 fully saturated rings. The normalized spacial score (nSPS) is 9.20. The van der Waals surface area contributed by atoms with Gasteiger partial charge in [-0.25, -0.2) is 0 Å². The highest BCUT2D eigenvalue weighted by Crippen LogP contribution is 2.10. The van der Waals surface area contributed by atoms with E-state index >= 15 is 0 Å². The summed E-state index contributed by atoms with van der Waals surface area (Å²) in [6, 6.07) is 6.19. The van der Waals surface area contributed by atoms with Crippen molar-refractivity contribution in [2.45, 2.75) is 26.7 Å². The maximum Gasteiger partial charge on any atom is 0.315 e. The summed E-state index contributed by atoms with van der Waals surface area (Å²) >= 11 is 0. The molecule has 2 nitrogen and oxygen atoms in total. The Balaban J connectivity index is 2.64. The summed E-state index contributed by atoms with van der Waals surface area (Å²) in [7, 11) is 0. The van der Waals surface area contributed by atoms with Gasteiger partial charge in [0.25, 0.3) is 0 Å². The van der Waals surface area contributed by atoms with E-state index in [1.807, 2.05) is 26.0 Å². The lowest BCUT2D eigenvalue weighted by Crippen LogP contribution is -1.91. The summed E-state index contributed by atoms with van der Waals surface area (Å²) in [6.07, 6.45) is 0.546. The monoisotopic (exact) mass is 202 g/mol. The number of carboxylic acid groups (broad SMARTS) is 1. The second-order valence-electron chi connectivity index (χ2n) is 3.53. The van der Waals surface area contributed by atoms with E-state index in [0.29, 0.717) is 6.42 Å². The molecule has 0 aromatic heterocycles. The predicted molar refractivity (Wildman–Crippen MR) is 59.6 cm³/mol. The summed E-state index contributed by atoms with van der Waals surface area (Å²) in [5.74, 6) is 4.62. The summed E-state index contributed by atoms with van der Waals surface area (Å²) < 4.78 is 0. The molecule has 0 aliphatic rings. The van der Waals surface area contributed by atoms with Gasteiger partial charge in [0, 0.05) is 6.42 Å². The Morgan fingerprint density at radius 3 is 2.67 bits per heavy atom. The number of hydrogen-bond donors (Lipinski definition) is 1. The van der Waals surface area contributed by atoms with Gasteiger partial charge in [0.15, 0.2) is 0 Å². The van der Waals surface area contributed by atoms with E-state index in [-0.39, 0.29) is 6.42 Å². The standard InChI is InChI=1S/C13H14O2/c1-10-7-8-12(11(2)9-10)5-3-4-6-13(14)15/h7-9H,5-6H2,1-2H3,(H,14,15). The Morgan fingerprint density at radius 1 is 1.33 bits per heavy atom. The van der Waals surface area contributed by atoms with Gasteiger partial charge in [-0.05, 0) is 25.0 Å². The number of carbonyl (C=O) groups is 1. The Hall–Kier alpha value is -1.75. The fourth-order valence-corrected chi connectivity index (χ4v) is 1.34. The zero-order valence-corrected chi connectivity index (χ0v) is 9.00. The minimum absolute atomic E-state index is 0.0785. The molecule has 1 N–H and O–H groups in total. The quantitative estimate of drug-likeness (QED) is 0.747. The maximum atomic E-state index is 10.2. The average Bonchev–Trinajstić information content (AvgIpc) is 2.14. The predicted octanol–water partition coefficient (Wildman–Crippen LogP) is 2.32. The van der Waals surface area contributed by atoms with Crippen LogP contribution in [0.2, 0.25) is 0 Å². The van der Waals surface area contributed by atoms with E-state index < -0.39 is 5.97 Å². The van der Waals surface area contributed by atoms with Gasteiger partial charge in [-0.15, -0.1) is 0 Å². The van der Waals surface area contributed by atoms with Gasteiger partial charge in [0.2, 0.25) is 0 Å². The van der Waals surface area contributed by atoms with Crippen LogP contribution in [0.4, 0.5) is 0 Å². The van der Waals surface area contributed by atoms with Crippen LogP contribution in [-0.4, -0.2) is 11.1 Å². The molecule has 0 amide bonds. The van der Waals surface area contributed by atoms with E-state index in [0.717, 1.165) is 0 Å². The summed E-state index contributed by atoms with van der Waals surface area (Å²) in [4.78, 5) is 10.2. The Kier molecular flexibility index (Phi) is 3.93. The number of aryl methyl sites for hydroxylation is 2. The second-order valence-corrected chi connectivity index (χ2v) is 3.53. The summed E-state index contributed by atoms with van der Waals surface area (Å²) in [5, 5.41) is 8.40. The Bertz CT molecular complexity index is 422. The highest BCUT2D eigenvalue weighted by Gasteiger charge is 1.96. The van der Waals surface area contributed by atoms with Gasteiger partial charge in [-0.1, -0.05) is 35.6 Å². The third-order valence-electron chi connectivity index (χ3n) is 2.14. The zero-order chi connectivity index (χ0) is 11.3. The van der Waals surface area contributed by atoms with E-state index in [4.69, 9.17) is 5.11 Å². The molecule has 0 bridgehead atoms. The molecule has 15 heavy (non-hydrogen) atoms. The lowest BCUT2D eigenvalue weighted by Gasteiger charge is -2.02. The van der Waals surface area contributed by atoms with Crippen LogP contribution in [-0.2, 0) is 11.2 Å². The van der Waals surface area contributed by atoms with Gasteiger partial charge < -0.3 is 5.11 Å². The first-order chi connectivity index (χ1) is 7.09. The van der Waals surface area contributed by atoms with Gasteiger partial charge in [0.1, 0.15) is 6.42 Å². The fraction of sp³-hybridized carbons (Fsp3) is 0.308. The van der Waals surface area contributed by atoms with Crippen molar-refractivity contribution in [2.24, 2.45) is 0 Å². The average molecular weight is 202 g/mol. The molecule has 0 unspecified atom stereocenters. The molecule has 0 heterocycles. The van der Waals surface area contributed by atoms with Gasteiger partial charge >= 0.3 is 5.97 Å². The van der Waals surface area contributed by atoms with Crippen molar-refractivity contribution < 1.29 is 9.90 Å². The number of rotatable bonds is 2. The first kappa shape index (κ1) is 11.3. The van der Waals surface area contributed by atoms with Crippen molar-refractivity contribution >= 4 is 5.97 Å². The molecule has 0 saturated carbocycles. The molecule has 78 valence electrons. The van der Waals surface area contributed by atoms with Crippen LogP contribution >= 0.6 is 0 Å². The van der Waals surface area contributed by atoms with Crippen LogP contribution in [0.15, 0.2) is 18.2 Å². The molecule has 0 aliphatic heterocycles. The first-order valence-electron chi connectivity index (χ1n) is 4.83. The molecule has 0 saturated heterocycles. The van der Waals surface area contributed by atoms with Crippen LogP contribution in [0.1, 0.15) is 23.1 Å². The van der Waals surface area contributed by atoms with Crippen LogP contribution in [0.3, 0.4) is 0 Å². The van der Waals surface area contributed by atoms with Crippen molar-refractivity contribution in [2.75, 3.05) is 0 Å². The van der Waals surface area contributed by atoms with Crippen LogP contribution in [0, 0.1) is 25.7 Å². The molecular formula is C13H14O2. The van der Waals surface area contributed by atoms with Gasteiger partial charge in [-0.2, -0.15) is 0 Å². The SMILES string of the molecule is Cc1ccc(CC#CCC(=O)O)c(C)c1. The molecule has 0 atom stereocenters. The number of carboxylic acids is 1. The molecule has 0 radical (unpaired) electrons. The molecule has 0 aliphatic carbocycles. The Morgan fingerprint density at radius 2 is 2.07 bits per heavy atom. The highest BCUT2D eigenvalue weighted by molar-refractivity contribution is 5.69. The third-order valence-corrected chi connectivity index (χ3v) is 2.14. The third kappa shape index (κ3) is 3.86. The van der Waals surface area contributed by atoms with E-state index in [1.54, 1.807) is 0 Å². The summed E-state index contributed by atoms with van der Waals surface area (Å²) in [5.41, 5.74) is 3.60. The fourth-order valence-electron chi connectivity index (χ4n) is 1.34. The lowest BCUT2D eigenvalue weighted by atomic mass is 10.0. The number of aliphatic carboxylic acids is 1. The van der Waals surface area contributed by atoms with Crippen molar-refractivity contribution in [3.63, 3.8) is 0 Å². The second kappa shape index (κ2) is 5.21. The highest BCUT2D eigenvalue weighted by atomic mass is 16.4. The topological polar surface area (TPSA) is 37.3 Å². The van der Waals surface area contributed by atoms with Gasteiger partial charge in [-0.3, -0.25) is 4.79 Å². The van der Waals surface area contributed by atoms with E-state index in [1.165, 1.54) is 16.7 Å². The number of benzene rings is 1.